The van der Waals surface area contributed by atoms with E-state index in [1.807, 2.05) is 11.3 Å². The first kappa shape index (κ1) is 33.5. The molecule has 268 valence electrons. The molecular formula is C53H34N2S2. The first-order valence-corrected chi connectivity index (χ1v) is 20.8. The molecule has 0 aliphatic rings. The number of rotatable bonds is 7. The van der Waals surface area contributed by atoms with Crippen LogP contribution >= 0.6 is 22.7 Å². The molecule has 2 nitrogen and oxygen atoms in total. The lowest BCUT2D eigenvalue weighted by Gasteiger charge is -2.27. The first-order valence-electron chi connectivity index (χ1n) is 19.2. The van der Waals surface area contributed by atoms with Gasteiger partial charge in [-0.15, -0.1) is 22.7 Å². The molecule has 0 saturated carbocycles. The van der Waals surface area contributed by atoms with Crippen LogP contribution in [-0.4, -0.2) is 4.98 Å². The third kappa shape index (κ3) is 6.16. The molecule has 0 radical (unpaired) electrons. The number of hydrogen-bond donors (Lipinski definition) is 0. The van der Waals surface area contributed by atoms with Crippen LogP contribution in [0.3, 0.4) is 0 Å². The van der Waals surface area contributed by atoms with Crippen LogP contribution in [0.2, 0.25) is 0 Å². The Hall–Kier alpha value is -6.85. The number of aromatic nitrogens is 1. The second-order valence-electron chi connectivity index (χ2n) is 14.4. The van der Waals surface area contributed by atoms with Crippen molar-refractivity contribution in [1.29, 1.82) is 0 Å². The fourth-order valence-electron chi connectivity index (χ4n) is 8.05. The molecule has 11 aromatic rings. The summed E-state index contributed by atoms with van der Waals surface area (Å²) in [6.45, 7) is 0. The van der Waals surface area contributed by atoms with Gasteiger partial charge in [0.05, 0.1) is 10.2 Å². The number of nitrogens with zero attached hydrogens (tertiary/aromatic N) is 2. The van der Waals surface area contributed by atoms with E-state index < -0.39 is 0 Å². The Balaban J connectivity index is 1.04. The van der Waals surface area contributed by atoms with E-state index in [0.717, 1.165) is 33.1 Å². The highest BCUT2D eigenvalue weighted by Crippen LogP contribution is 2.45. The van der Waals surface area contributed by atoms with Gasteiger partial charge in [-0.2, -0.15) is 0 Å². The molecule has 0 aliphatic carbocycles. The molecule has 4 heteroatoms. The zero-order chi connectivity index (χ0) is 37.7. The van der Waals surface area contributed by atoms with Crippen molar-refractivity contribution in [1.82, 2.24) is 4.98 Å². The van der Waals surface area contributed by atoms with Crippen molar-refractivity contribution in [2.75, 3.05) is 4.90 Å². The smallest absolute Gasteiger partial charge is 0.124 e. The highest BCUT2D eigenvalue weighted by atomic mass is 32.1. The lowest BCUT2D eigenvalue weighted by Crippen LogP contribution is -2.10. The maximum Gasteiger partial charge on any atom is 0.124 e. The van der Waals surface area contributed by atoms with Gasteiger partial charge in [-0.25, -0.2) is 4.98 Å². The van der Waals surface area contributed by atoms with E-state index in [-0.39, 0.29) is 0 Å². The number of anilines is 3. The molecule has 0 bridgehead atoms. The van der Waals surface area contributed by atoms with Crippen molar-refractivity contribution < 1.29 is 0 Å². The van der Waals surface area contributed by atoms with Crippen molar-refractivity contribution in [3.8, 4) is 44.0 Å². The van der Waals surface area contributed by atoms with E-state index in [4.69, 9.17) is 4.98 Å². The minimum Gasteiger partial charge on any atom is -0.310 e. The van der Waals surface area contributed by atoms with E-state index in [1.54, 1.807) is 11.3 Å². The lowest BCUT2D eigenvalue weighted by molar-refractivity contribution is 1.29. The Morgan fingerprint density at radius 2 is 0.930 bits per heavy atom. The normalized spacial score (nSPS) is 11.5. The van der Waals surface area contributed by atoms with Gasteiger partial charge in [0.15, 0.2) is 0 Å². The summed E-state index contributed by atoms with van der Waals surface area (Å²) in [6.07, 6.45) is 0. The van der Waals surface area contributed by atoms with Crippen molar-refractivity contribution in [3.63, 3.8) is 0 Å². The standard InChI is InChI=1S/C53H34N2S2/c1-4-12-35(13-5-1)37-20-24-42(25-21-37)55(43-26-22-36-14-10-11-19-40(36)30-43)44-27-29-45(47(32-44)38-15-6-2-7-16-38)41-23-28-46-48-33-52-49(34-51(48)56-50(46)31-41)54-53(57-52)39-17-8-3-9-18-39/h1-34H. The summed E-state index contributed by atoms with van der Waals surface area (Å²) in [4.78, 5) is 7.42. The van der Waals surface area contributed by atoms with E-state index in [9.17, 15) is 0 Å². The summed E-state index contributed by atoms with van der Waals surface area (Å²) < 4.78 is 3.77. The predicted molar refractivity (Wildman–Crippen MR) is 246 cm³/mol. The van der Waals surface area contributed by atoms with Crippen LogP contribution in [0.25, 0.3) is 85.1 Å². The van der Waals surface area contributed by atoms with Crippen LogP contribution in [-0.2, 0) is 0 Å². The van der Waals surface area contributed by atoms with Crippen LogP contribution in [0.5, 0.6) is 0 Å². The van der Waals surface area contributed by atoms with Gasteiger partial charge in [-0.1, -0.05) is 152 Å². The molecule has 0 amide bonds. The molecule has 2 aromatic heterocycles. The van der Waals surface area contributed by atoms with Gasteiger partial charge in [0.25, 0.3) is 0 Å². The van der Waals surface area contributed by atoms with Gasteiger partial charge >= 0.3 is 0 Å². The lowest BCUT2D eigenvalue weighted by atomic mass is 9.93. The SMILES string of the molecule is c1ccc(-c2ccc(N(c3ccc(-c4ccc5c(c4)sc4cc6nc(-c7ccccc7)sc6cc45)c(-c4ccccc4)c3)c3ccc4ccccc4c3)cc2)cc1. The summed E-state index contributed by atoms with van der Waals surface area (Å²) >= 11 is 3.62. The molecule has 2 heterocycles. The summed E-state index contributed by atoms with van der Waals surface area (Å²) in [5.41, 5.74) is 12.7. The molecule has 0 spiro atoms. The van der Waals surface area contributed by atoms with E-state index in [0.29, 0.717) is 0 Å². The van der Waals surface area contributed by atoms with E-state index >= 15 is 0 Å². The molecule has 0 fully saturated rings. The molecule has 0 aliphatic heterocycles. The minimum absolute atomic E-state index is 1.06. The highest BCUT2D eigenvalue weighted by molar-refractivity contribution is 7.26. The van der Waals surface area contributed by atoms with Crippen LogP contribution in [0.15, 0.2) is 206 Å². The monoisotopic (exact) mass is 762 g/mol. The summed E-state index contributed by atoms with van der Waals surface area (Å²) in [6, 6.07) is 74.7. The third-order valence-electron chi connectivity index (χ3n) is 10.9. The molecule has 57 heavy (non-hydrogen) atoms. The Morgan fingerprint density at radius 3 is 1.70 bits per heavy atom. The Kier molecular flexibility index (Phi) is 8.24. The number of fused-ring (bicyclic) bond motifs is 5. The van der Waals surface area contributed by atoms with Gasteiger partial charge in [0, 0.05) is 42.8 Å². The number of thiazole rings is 1. The quantitative estimate of drug-likeness (QED) is 0.161. The second-order valence-corrected chi connectivity index (χ2v) is 16.5. The maximum atomic E-state index is 5.03. The predicted octanol–water partition coefficient (Wildman–Crippen LogP) is 16.0. The Labute approximate surface area is 339 Å². The molecule has 0 atom stereocenters. The average Bonchev–Trinajstić information content (AvgIpc) is 3.87. The summed E-state index contributed by atoms with van der Waals surface area (Å²) in [5, 5.41) is 6.08. The molecule has 0 N–H and O–H groups in total. The van der Waals surface area contributed by atoms with Gasteiger partial charge < -0.3 is 4.90 Å². The Bertz CT molecular complexity index is 3220. The molecule has 11 rings (SSSR count). The minimum atomic E-state index is 1.06. The molecule has 0 saturated heterocycles. The maximum absolute atomic E-state index is 5.03. The molecular weight excluding hydrogens is 729 g/mol. The molecule has 0 unspecified atom stereocenters. The van der Waals surface area contributed by atoms with E-state index in [1.165, 1.54) is 69.0 Å². The summed E-state index contributed by atoms with van der Waals surface area (Å²) in [7, 11) is 0. The number of thiophene rings is 1. The second kappa shape index (κ2) is 14.0. The zero-order valence-corrected chi connectivity index (χ0v) is 32.5. The van der Waals surface area contributed by atoms with Crippen molar-refractivity contribution in [3.05, 3.63) is 206 Å². The fraction of sp³-hybridized carbons (Fsp3) is 0. The highest BCUT2D eigenvalue weighted by Gasteiger charge is 2.18. The van der Waals surface area contributed by atoms with Gasteiger partial charge in [0.2, 0.25) is 0 Å². The van der Waals surface area contributed by atoms with Gasteiger partial charge in [0.1, 0.15) is 5.01 Å². The van der Waals surface area contributed by atoms with Crippen molar-refractivity contribution in [2.24, 2.45) is 0 Å². The first-order chi connectivity index (χ1) is 28.2. The van der Waals surface area contributed by atoms with Gasteiger partial charge in [-0.05, 0) is 98.8 Å². The van der Waals surface area contributed by atoms with Crippen LogP contribution in [0.4, 0.5) is 17.1 Å². The number of hydrogen-bond acceptors (Lipinski definition) is 4. The number of benzene rings is 9. The summed E-state index contributed by atoms with van der Waals surface area (Å²) in [5.74, 6) is 0. The Morgan fingerprint density at radius 1 is 0.333 bits per heavy atom. The fourth-order valence-corrected chi connectivity index (χ4v) is 10.2. The average molecular weight is 763 g/mol. The third-order valence-corrected chi connectivity index (χ3v) is 13.1. The zero-order valence-electron chi connectivity index (χ0n) is 30.8. The van der Waals surface area contributed by atoms with E-state index in [2.05, 4.69) is 211 Å². The van der Waals surface area contributed by atoms with Crippen LogP contribution in [0, 0.1) is 0 Å². The van der Waals surface area contributed by atoms with Crippen LogP contribution in [0.1, 0.15) is 0 Å². The topological polar surface area (TPSA) is 16.1 Å². The largest absolute Gasteiger partial charge is 0.310 e. The molecule has 9 aromatic carbocycles. The van der Waals surface area contributed by atoms with Crippen molar-refractivity contribution in [2.45, 2.75) is 0 Å². The van der Waals surface area contributed by atoms with Gasteiger partial charge in [-0.3, -0.25) is 0 Å². The van der Waals surface area contributed by atoms with Crippen molar-refractivity contribution >= 4 is 80.9 Å². The van der Waals surface area contributed by atoms with Crippen LogP contribution < -0.4 is 4.90 Å².